The molecule has 2 N–H and O–H groups in total. The Hall–Kier alpha value is -2.86. The van der Waals surface area contributed by atoms with E-state index in [9.17, 15) is 9.59 Å². The zero-order chi connectivity index (χ0) is 22.3. The second kappa shape index (κ2) is 10.6. The normalized spacial score (nSPS) is 19.3. The van der Waals surface area contributed by atoms with E-state index in [0.717, 1.165) is 37.2 Å². The van der Waals surface area contributed by atoms with E-state index < -0.39 is 0 Å². The topological polar surface area (TPSA) is 64.7 Å². The molecule has 0 spiro atoms. The molecular formula is C26H34N4O2. The van der Waals surface area contributed by atoms with Gasteiger partial charge in [0, 0.05) is 31.9 Å². The highest BCUT2D eigenvalue weighted by Crippen LogP contribution is 2.31. The van der Waals surface area contributed by atoms with E-state index in [1.165, 1.54) is 12.8 Å². The lowest BCUT2D eigenvalue weighted by molar-refractivity contribution is -0.129. The van der Waals surface area contributed by atoms with E-state index in [2.05, 4.69) is 27.7 Å². The largest absolute Gasteiger partial charge is 0.348 e. The first-order valence-electron chi connectivity index (χ1n) is 11.8. The number of rotatable bonds is 6. The number of hydrogen-bond acceptors (Lipinski definition) is 3. The van der Waals surface area contributed by atoms with Gasteiger partial charge in [0.05, 0.1) is 12.1 Å². The summed E-state index contributed by atoms with van der Waals surface area (Å²) in [5, 5.41) is 6.23. The van der Waals surface area contributed by atoms with Gasteiger partial charge in [-0.25, -0.2) is 4.79 Å². The van der Waals surface area contributed by atoms with Gasteiger partial charge in [0.2, 0.25) is 5.91 Å². The zero-order valence-corrected chi connectivity index (χ0v) is 18.9. The Morgan fingerprint density at radius 2 is 1.47 bits per heavy atom. The van der Waals surface area contributed by atoms with Gasteiger partial charge in [-0.05, 0) is 43.4 Å². The Bertz CT molecular complexity index is 875. The molecule has 6 nitrogen and oxygen atoms in total. The van der Waals surface area contributed by atoms with E-state index in [-0.39, 0.29) is 24.0 Å². The lowest BCUT2D eigenvalue weighted by atomic mass is 9.94. The molecule has 6 heteroatoms. The Morgan fingerprint density at radius 1 is 0.875 bits per heavy atom. The van der Waals surface area contributed by atoms with Crippen LogP contribution in [0.5, 0.6) is 0 Å². The minimum absolute atomic E-state index is 0.0226. The molecule has 4 rings (SSSR count). The van der Waals surface area contributed by atoms with Crippen LogP contribution in [0.15, 0.2) is 60.7 Å². The number of urea groups is 1. The predicted molar refractivity (Wildman–Crippen MR) is 127 cm³/mol. The summed E-state index contributed by atoms with van der Waals surface area (Å²) < 4.78 is 0. The predicted octanol–water partition coefficient (Wildman–Crippen LogP) is 4.27. The van der Waals surface area contributed by atoms with E-state index in [1.54, 1.807) is 0 Å². The molecule has 0 bridgehead atoms. The number of nitrogens with zero attached hydrogens (tertiary/aromatic N) is 2. The number of hydrogen-bond donors (Lipinski definition) is 2. The number of carbonyl (C=O) groups excluding carboxylic acids is 2. The van der Waals surface area contributed by atoms with Gasteiger partial charge in [-0.15, -0.1) is 0 Å². The van der Waals surface area contributed by atoms with Gasteiger partial charge >= 0.3 is 6.03 Å². The smallest absolute Gasteiger partial charge is 0.321 e. The summed E-state index contributed by atoms with van der Waals surface area (Å²) in [5.41, 5.74) is 1.92. The highest BCUT2D eigenvalue weighted by molar-refractivity contribution is 5.89. The molecule has 2 fully saturated rings. The van der Waals surface area contributed by atoms with Crippen molar-refractivity contribution in [3.8, 4) is 0 Å². The summed E-state index contributed by atoms with van der Waals surface area (Å²) in [7, 11) is 0. The first-order chi connectivity index (χ1) is 15.6. The number of piperazine rings is 1. The van der Waals surface area contributed by atoms with Crippen LogP contribution >= 0.6 is 0 Å². The zero-order valence-electron chi connectivity index (χ0n) is 18.9. The van der Waals surface area contributed by atoms with Crippen molar-refractivity contribution in [2.45, 2.75) is 44.7 Å². The van der Waals surface area contributed by atoms with Crippen molar-refractivity contribution in [2.75, 3.05) is 31.5 Å². The van der Waals surface area contributed by atoms with Crippen LogP contribution < -0.4 is 10.6 Å². The standard InChI is InChI=1S/C26H34N4O2/c1-20(21-10-4-2-5-11-21)27-25(31)24(22-12-8-9-13-22)29-16-18-30(19-17-29)26(32)28-23-14-6-3-7-15-23/h2-7,10-11,14-15,20,22,24H,8-9,12-13,16-19H2,1H3,(H,27,31)(H,28,32). The monoisotopic (exact) mass is 434 g/mol. The summed E-state index contributed by atoms with van der Waals surface area (Å²) >= 11 is 0. The summed E-state index contributed by atoms with van der Waals surface area (Å²) in [4.78, 5) is 30.2. The lowest BCUT2D eigenvalue weighted by Gasteiger charge is -2.41. The number of anilines is 1. The Balaban J connectivity index is 1.37. The van der Waals surface area contributed by atoms with Crippen LogP contribution in [-0.2, 0) is 4.79 Å². The van der Waals surface area contributed by atoms with E-state index in [1.807, 2.05) is 60.4 Å². The second-order valence-corrected chi connectivity index (χ2v) is 8.95. The minimum atomic E-state index is -0.122. The van der Waals surface area contributed by atoms with Crippen molar-refractivity contribution in [3.63, 3.8) is 0 Å². The second-order valence-electron chi connectivity index (χ2n) is 8.95. The first-order valence-corrected chi connectivity index (χ1v) is 11.8. The number of benzene rings is 2. The molecule has 2 unspecified atom stereocenters. The van der Waals surface area contributed by atoms with Crippen molar-refractivity contribution in [2.24, 2.45) is 5.92 Å². The van der Waals surface area contributed by atoms with E-state index >= 15 is 0 Å². The quantitative estimate of drug-likeness (QED) is 0.714. The molecule has 32 heavy (non-hydrogen) atoms. The van der Waals surface area contributed by atoms with E-state index in [4.69, 9.17) is 0 Å². The van der Waals surface area contributed by atoms with Crippen molar-refractivity contribution in [3.05, 3.63) is 66.2 Å². The number of amides is 3. The number of nitrogens with one attached hydrogen (secondary N) is 2. The van der Waals surface area contributed by atoms with Gasteiger partial charge in [-0.1, -0.05) is 61.4 Å². The average molecular weight is 435 g/mol. The van der Waals surface area contributed by atoms with Crippen LogP contribution in [0.2, 0.25) is 0 Å². The minimum Gasteiger partial charge on any atom is -0.348 e. The molecule has 2 aliphatic rings. The lowest BCUT2D eigenvalue weighted by Crippen LogP contribution is -2.58. The van der Waals surface area contributed by atoms with Gasteiger partial charge < -0.3 is 15.5 Å². The fourth-order valence-electron chi connectivity index (χ4n) is 5.00. The third-order valence-corrected chi connectivity index (χ3v) is 6.79. The van der Waals surface area contributed by atoms with Gasteiger partial charge in [0.15, 0.2) is 0 Å². The van der Waals surface area contributed by atoms with Crippen LogP contribution in [0.4, 0.5) is 10.5 Å². The molecule has 2 aromatic carbocycles. The molecule has 1 heterocycles. The maximum absolute atomic E-state index is 13.4. The third kappa shape index (κ3) is 5.49. The van der Waals surface area contributed by atoms with Crippen LogP contribution in [0.3, 0.4) is 0 Å². The summed E-state index contributed by atoms with van der Waals surface area (Å²) in [6, 6.07) is 19.4. The van der Waals surface area contributed by atoms with Crippen molar-refractivity contribution in [1.29, 1.82) is 0 Å². The van der Waals surface area contributed by atoms with E-state index in [0.29, 0.717) is 19.0 Å². The molecule has 0 radical (unpaired) electrons. The molecular weight excluding hydrogens is 400 g/mol. The first kappa shape index (κ1) is 22.3. The van der Waals surface area contributed by atoms with Gasteiger partial charge in [-0.3, -0.25) is 9.69 Å². The van der Waals surface area contributed by atoms with Crippen molar-refractivity contribution in [1.82, 2.24) is 15.1 Å². The van der Waals surface area contributed by atoms with Gasteiger partial charge in [-0.2, -0.15) is 0 Å². The average Bonchev–Trinajstić information content (AvgIpc) is 3.35. The Morgan fingerprint density at radius 3 is 2.09 bits per heavy atom. The maximum atomic E-state index is 13.4. The number of carbonyl (C=O) groups is 2. The number of para-hydroxylation sites is 1. The van der Waals surface area contributed by atoms with Crippen LogP contribution in [0.25, 0.3) is 0 Å². The van der Waals surface area contributed by atoms with Gasteiger partial charge in [0.25, 0.3) is 0 Å². The Labute approximate surface area is 191 Å². The summed E-state index contributed by atoms with van der Waals surface area (Å²) in [5.74, 6) is 0.512. The molecule has 3 amide bonds. The molecule has 1 saturated carbocycles. The van der Waals surface area contributed by atoms with Crippen molar-refractivity contribution < 1.29 is 9.59 Å². The fraction of sp³-hybridized carbons (Fsp3) is 0.462. The highest BCUT2D eigenvalue weighted by Gasteiger charge is 2.37. The van der Waals surface area contributed by atoms with Crippen molar-refractivity contribution >= 4 is 17.6 Å². The molecule has 2 atom stereocenters. The third-order valence-electron chi connectivity index (χ3n) is 6.79. The molecule has 170 valence electrons. The molecule has 1 saturated heterocycles. The molecule has 0 aromatic heterocycles. The SMILES string of the molecule is CC(NC(=O)C(C1CCCC1)N1CCN(C(=O)Nc2ccccc2)CC1)c1ccccc1. The van der Waals surface area contributed by atoms with Gasteiger partial charge in [0.1, 0.15) is 0 Å². The molecule has 1 aliphatic heterocycles. The molecule has 1 aliphatic carbocycles. The summed E-state index contributed by atoms with van der Waals surface area (Å²) in [6.45, 7) is 4.74. The maximum Gasteiger partial charge on any atom is 0.321 e. The summed E-state index contributed by atoms with van der Waals surface area (Å²) in [6.07, 6.45) is 4.60. The highest BCUT2D eigenvalue weighted by atomic mass is 16.2. The van der Waals surface area contributed by atoms with Crippen LogP contribution in [0, 0.1) is 5.92 Å². The van der Waals surface area contributed by atoms with Crippen LogP contribution in [-0.4, -0.2) is 54.0 Å². The fourth-order valence-corrected chi connectivity index (χ4v) is 5.00. The Kier molecular flexibility index (Phi) is 7.43. The van der Waals surface area contributed by atoms with Crippen LogP contribution in [0.1, 0.15) is 44.2 Å². The molecule has 2 aromatic rings.